The molecule has 0 saturated heterocycles. The van der Waals surface area contributed by atoms with Crippen molar-refractivity contribution < 1.29 is 0 Å². The number of benzene rings is 4. The van der Waals surface area contributed by atoms with Crippen LogP contribution >= 0.6 is 11.3 Å². The minimum absolute atomic E-state index is 0.888. The first-order valence-corrected chi connectivity index (χ1v) is 15.9. The van der Waals surface area contributed by atoms with E-state index >= 15 is 0 Å². The molecular formula is C38H27N7S. The van der Waals surface area contributed by atoms with Gasteiger partial charge in [-0.15, -0.1) is 11.3 Å². The quantitative estimate of drug-likeness (QED) is 0.194. The number of para-hydroxylation sites is 2. The highest BCUT2D eigenvalue weighted by Crippen LogP contribution is 2.40. The molecule has 0 fully saturated rings. The third-order valence-electron chi connectivity index (χ3n) is 8.65. The summed E-state index contributed by atoms with van der Waals surface area (Å²) in [5, 5.41) is 3.39. The van der Waals surface area contributed by atoms with Gasteiger partial charge in [0.2, 0.25) is 0 Å². The Hall–Kier alpha value is -5.86. The standard InChI is InChI=1S/C38H27N7S/c1-43-19-17-39-36(43)26-13-16-30(41-23-26)24-11-15-29(37-40-18-20-44(37)2)34(21-24)45-32-9-5-3-7-27(32)28-14-12-25(22-33(28)45)38-42-31-8-4-6-10-35(31)46-38/h3-23H,1-2H3. The second-order valence-corrected chi connectivity index (χ2v) is 12.5. The number of hydrogen-bond donors (Lipinski definition) is 0. The zero-order valence-electron chi connectivity index (χ0n) is 25.2. The third-order valence-corrected chi connectivity index (χ3v) is 9.74. The molecule has 0 amide bonds. The Labute approximate surface area is 268 Å². The first kappa shape index (κ1) is 26.5. The zero-order valence-corrected chi connectivity index (χ0v) is 26.0. The molecule has 46 heavy (non-hydrogen) atoms. The van der Waals surface area contributed by atoms with Crippen molar-refractivity contribution >= 4 is 43.4 Å². The molecule has 0 saturated carbocycles. The molecule has 0 aliphatic rings. The van der Waals surface area contributed by atoms with Crippen LogP contribution in [0.2, 0.25) is 0 Å². The topological polar surface area (TPSA) is 66.3 Å². The summed E-state index contributed by atoms with van der Waals surface area (Å²) in [6.45, 7) is 0. The molecule has 9 rings (SSSR count). The van der Waals surface area contributed by atoms with Crippen LogP contribution in [0.3, 0.4) is 0 Å². The minimum Gasteiger partial charge on any atom is -0.334 e. The van der Waals surface area contributed by atoms with Gasteiger partial charge in [0.1, 0.15) is 16.7 Å². The van der Waals surface area contributed by atoms with Gasteiger partial charge in [0.05, 0.1) is 32.6 Å². The SMILES string of the molecule is Cn1ccnc1-c1ccc(-c2ccc(-c3nccn3C)c(-n3c4ccccc4c4ccc(-c5nc6ccccc6s5)cc43)c2)nc1. The fourth-order valence-corrected chi connectivity index (χ4v) is 7.35. The van der Waals surface area contributed by atoms with Gasteiger partial charge in [-0.1, -0.05) is 48.5 Å². The molecule has 0 radical (unpaired) electrons. The van der Waals surface area contributed by atoms with Gasteiger partial charge in [-0.05, 0) is 48.5 Å². The van der Waals surface area contributed by atoms with E-state index in [1.54, 1.807) is 17.5 Å². The van der Waals surface area contributed by atoms with Crippen LogP contribution in [0.1, 0.15) is 0 Å². The Morgan fingerprint density at radius 1 is 0.609 bits per heavy atom. The number of thiazole rings is 1. The largest absolute Gasteiger partial charge is 0.334 e. The van der Waals surface area contributed by atoms with Crippen LogP contribution in [0, 0.1) is 0 Å². The number of rotatable bonds is 5. The highest BCUT2D eigenvalue weighted by molar-refractivity contribution is 7.21. The lowest BCUT2D eigenvalue weighted by molar-refractivity contribution is 0.922. The molecule has 0 unspecified atom stereocenters. The molecule has 0 atom stereocenters. The summed E-state index contributed by atoms with van der Waals surface area (Å²) in [5.41, 5.74) is 9.32. The van der Waals surface area contributed by atoms with E-state index in [2.05, 4.69) is 105 Å². The summed E-state index contributed by atoms with van der Waals surface area (Å²) in [6.07, 6.45) is 9.48. The second-order valence-electron chi connectivity index (χ2n) is 11.5. The number of hydrogen-bond acceptors (Lipinski definition) is 5. The van der Waals surface area contributed by atoms with Crippen LogP contribution in [0.5, 0.6) is 0 Å². The van der Waals surface area contributed by atoms with Crippen LogP contribution in [0.25, 0.3) is 82.3 Å². The highest BCUT2D eigenvalue weighted by atomic mass is 32.1. The molecule has 220 valence electrons. The number of fused-ring (bicyclic) bond motifs is 4. The van der Waals surface area contributed by atoms with Gasteiger partial charge in [0.25, 0.3) is 0 Å². The second kappa shape index (κ2) is 10.4. The summed E-state index contributed by atoms with van der Waals surface area (Å²) in [5.74, 6) is 1.78. The van der Waals surface area contributed by atoms with Crippen molar-refractivity contribution in [3.05, 3.63) is 128 Å². The summed E-state index contributed by atoms with van der Waals surface area (Å²) in [6, 6.07) is 34.3. The van der Waals surface area contributed by atoms with Gasteiger partial charge in [-0.25, -0.2) is 15.0 Å². The van der Waals surface area contributed by atoms with Gasteiger partial charge >= 0.3 is 0 Å². The van der Waals surface area contributed by atoms with Crippen molar-refractivity contribution in [2.24, 2.45) is 14.1 Å². The van der Waals surface area contributed by atoms with E-state index in [0.717, 1.165) is 66.8 Å². The molecule has 0 aliphatic heterocycles. The van der Waals surface area contributed by atoms with Gasteiger partial charge < -0.3 is 13.7 Å². The Morgan fingerprint density at radius 2 is 1.35 bits per heavy atom. The molecule has 5 heterocycles. The van der Waals surface area contributed by atoms with E-state index in [-0.39, 0.29) is 0 Å². The van der Waals surface area contributed by atoms with Gasteiger partial charge in [0.15, 0.2) is 0 Å². The summed E-state index contributed by atoms with van der Waals surface area (Å²) in [4.78, 5) is 19.1. The van der Waals surface area contributed by atoms with Crippen molar-refractivity contribution in [1.29, 1.82) is 0 Å². The van der Waals surface area contributed by atoms with Crippen molar-refractivity contribution in [3.8, 4) is 50.3 Å². The number of nitrogens with zero attached hydrogens (tertiary/aromatic N) is 7. The summed E-state index contributed by atoms with van der Waals surface area (Å²) >= 11 is 1.72. The molecule has 0 spiro atoms. The van der Waals surface area contributed by atoms with E-state index in [0.29, 0.717) is 0 Å². The first-order valence-electron chi connectivity index (χ1n) is 15.1. The molecule has 5 aromatic heterocycles. The lowest BCUT2D eigenvalue weighted by Gasteiger charge is -2.16. The fraction of sp³-hybridized carbons (Fsp3) is 0.0526. The summed E-state index contributed by atoms with van der Waals surface area (Å²) in [7, 11) is 4.03. The molecule has 0 aliphatic carbocycles. The number of aryl methyl sites for hydroxylation is 2. The Morgan fingerprint density at radius 3 is 2.13 bits per heavy atom. The first-order chi connectivity index (χ1) is 22.6. The minimum atomic E-state index is 0.888. The van der Waals surface area contributed by atoms with Crippen molar-refractivity contribution in [2.75, 3.05) is 0 Å². The number of pyridine rings is 1. The number of imidazole rings is 2. The van der Waals surface area contributed by atoms with Gasteiger partial charge in [-0.2, -0.15) is 0 Å². The van der Waals surface area contributed by atoms with E-state index in [1.807, 2.05) is 49.5 Å². The lowest BCUT2D eigenvalue weighted by Crippen LogP contribution is -2.01. The molecule has 7 nitrogen and oxygen atoms in total. The summed E-state index contributed by atoms with van der Waals surface area (Å²) < 4.78 is 7.63. The Kier molecular flexibility index (Phi) is 5.97. The van der Waals surface area contributed by atoms with Gasteiger partial charge in [-0.3, -0.25) is 4.98 Å². The van der Waals surface area contributed by atoms with Crippen molar-refractivity contribution in [2.45, 2.75) is 0 Å². The van der Waals surface area contributed by atoms with Crippen molar-refractivity contribution in [3.63, 3.8) is 0 Å². The number of aromatic nitrogens is 7. The Balaban J connectivity index is 1.28. The molecule has 0 bridgehead atoms. The molecule has 8 heteroatoms. The average Bonchev–Trinajstić information content (AvgIpc) is 3.89. The molecule has 0 N–H and O–H groups in total. The zero-order chi connectivity index (χ0) is 30.8. The monoisotopic (exact) mass is 613 g/mol. The fourth-order valence-electron chi connectivity index (χ4n) is 6.39. The van der Waals surface area contributed by atoms with E-state index < -0.39 is 0 Å². The van der Waals surface area contributed by atoms with Crippen LogP contribution in [0.4, 0.5) is 0 Å². The van der Waals surface area contributed by atoms with Crippen LogP contribution in [-0.4, -0.2) is 33.6 Å². The highest BCUT2D eigenvalue weighted by Gasteiger charge is 2.20. The van der Waals surface area contributed by atoms with Crippen LogP contribution in [0.15, 0.2) is 128 Å². The van der Waals surface area contributed by atoms with E-state index in [1.165, 1.54) is 15.5 Å². The predicted octanol–water partition coefficient (Wildman–Crippen LogP) is 8.92. The normalized spacial score (nSPS) is 11.7. The predicted molar refractivity (Wildman–Crippen MR) is 187 cm³/mol. The molecular weight excluding hydrogens is 587 g/mol. The van der Waals surface area contributed by atoms with E-state index in [9.17, 15) is 0 Å². The maximum Gasteiger partial charge on any atom is 0.141 e. The molecule has 9 aromatic rings. The third kappa shape index (κ3) is 4.18. The van der Waals surface area contributed by atoms with Crippen LogP contribution < -0.4 is 0 Å². The molecule has 4 aromatic carbocycles. The van der Waals surface area contributed by atoms with Gasteiger partial charge in [0, 0.05) is 78.1 Å². The average molecular weight is 614 g/mol. The smallest absolute Gasteiger partial charge is 0.141 e. The lowest BCUT2D eigenvalue weighted by atomic mass is 10.0. The Bertz CT molecular complexity index is 2530. The maximum absolute atomic E-state index is 4.98. The maximum atomic E-state index is 4.98. The van der Waals surface area contributed by atoms with E-state index in [4.69, 9.17) is 15.0 Å². The van der Waals surface area contributed by atoms with Crippen molar-refractivity contribution in [1.82, 2.24) is 33.6 Å². The van der Waals surface area contributed by atoms with Crippen LogP contribution in [-0.2, 0) is 14.1 Å².